The lowest BCUT2D eigenvalue weighted by Crippen LogP contribution is -2.57. The van der Waals surface area contributed by atoms with Crippen LogP contribution < -0.4 is 15.9 Å². The lowest BCUT2D eigenvalue weighted by Gasteiger charge is -2.45. The normalized spacial score (nSPS) is 23.4. The summed E-state index contributed by atoms with van der Waals surface area (Å²) in [7, 11) is 2.07. The highest BCUT2D eigenvalue weighted by atomic mass is 127. The first-order chi connectivity index (χ1) is 12.3. The van der Waals surface area contributed by atoms with Gasteiger partial charge in [-0.3, -0.25) is 4.90 Å². The van der Waals surface area contributed by atoms with E-state index in [4.69, 9.17) is 0 Å². The fourth-order valence-corrected chi connectivity index (χ4v) is 4.48. The summed E-state index contributed by atoms with van der Waals surface area (Å²) in [5.41, 5.74) is -0.313. The first-order valence-electron chi connectivity index (χ1n) is 8.62. The number of nitrogens with one attached hydrogen (secondary N) is 1. The molecule has 2 unspecified atom stereocenters. The molecule has 140 valence electrons. The van der Waals surface area contributed by atoms with Crippen molar-refractivity contribution in [1.82, 2.24) is 12.7 Å². The monoisotopic (exact) mass is 475 g/mol. The maximum Gasteiger partial charge on any atom is 0.359 e. The van der Waals surface area contributed by atoms with Crippen LogP contribution in [0.15, 0.2) is 4.79 Å². The van der Waals surface area contributed by atoms with Crippen LogP contribution in [0.2, 0.25) is 0 Å². The number of fused-ring (bicyclic) bond motifs is 2. The lowest BCUT2D eigenvalue weighted by molar-refractivity contribution is 0.196. The van der Waals surface area contributed by atoms with Gasteiger partial charge in [0.15, 0.2) is 11.6 Å². The molecule has 1 N–H and O–H groups in total. The van der Waals surface area contributed by atoms with Crippen molar-refractivity contribution in [3.8, 4) is 0 Å². The van der Waals surface area contributed by atoms with Gasteiger partial charge in [0.05, 0.1) is 33.9 Å². The molecule has 0 spiro atoms. The average Bonchev–Trinajstić information content (AvgIpc) is 2.59. The van der Waals surface area contributed by atoms with Gasteiger partial charge in [-0.25, -0.2) is 16.4 Å². The molecule has 1 saturated heterocycles. The van der Waals surface area contributed by atoms with Gasteiger partial charge in [-0.1, -0.05) is 0 Å². The van der Waals surface area contributed by atoms with Crippen molar-refractivity contribution >= 4 is 45.3 Å². The van der Waals surface area contributed by atoms with Gasteiger partial charge in [-0.2, -0.15) is 4.98 Å². The van der Waals surface area contributed by atoms with E-state index in [1.807, 2.05) is 0 Å². The number of hydrogen-bond acceptors (Lipinski definition) is 5. The maximum atomic E-state index is 14.9. The van der Waals surface area contributed by atoms with Crippen LogP contribution >= 0.6 is 22.9 Å². The number of likely N-dealkylation sites (N-methyl/N-ethyl adjacent to an activating group) is 1. The number of halogens is 3. The van der Waals surface area contributed by atoms with Crippen molar-refractivity contribution in [3.05, 3.63) is 27.7 Å². The Morgan fingerprint density at radius 1 is 1.27 bits per heavy atom. The largest absolute Gasteiger partial charge is 0.382 e. The minimum absolute atomic E-state index is 0.0918. The van der Waals surface area contributed by atoms with Crippen molar-refractivity contribution in [2.24, 2.45) is 0 Å². The predicted molar refractivity (Wildman–Crippen MR) is 106 cm³/mol. The molecule has 9 heteroatoms. The average molecular weight is 475 g/mol. The van der Waals surface area contributed by atoms with Crippen LogP contribution in [-0.2, 0) is 0 Å². The highest BCUT2D eigenvalue weighted by Gasteiger charge is 2.35. The molecule has 0 bridgehead atoms. The summed E-state index contributed by atoms with van der Waals surface area (Å²) in [6.45, 7) is 5.53. The van der Waals surface area contributed by atoms with Gasteiger partial charge in [-0.15, -0.1) is 0 Å². The highest BCUT2D eigenvalue weighted by molar-refractivity contribution is 14.1. The van der Waals surface area contributed by atoms with E-state index in [1.165, 1.54) is 6.92 Å². The molecule has 0 radical (unpaired) electrons. The molecular formula is C17H20F2IN5O. The van der Waals surface area contributed by atoms with Crippen molar-refractivity contribution in [1.29, 1.82) is 0 Å². The van der Waals surface area contributed by atoms with E-state index in [9.17, 15) is 13.6 Å². The maximum absolute atomic E-state index is 14.9. The minimum atomic E-state index is -0.711. The van der Waals surface area contributed by atoms with Gasteiger partial charge in [-0.05, 0) is 27.3 Å². The van der Waals surface area contributed by atoms with Crippen molar-refractivity contribution in [2.75, 3.05) is 36.9 Å². The van der Waals surface area contributed by atoms with Gasteiger partial charge in [0.25, 0.3) is 0 Å². The molecule has 4 rings (SSSR count). The molecule has 2 aliphatic rings. The van der Waals surface area contributed by atoms with Crippen LogP contribution in [0.4, 0.5) is 20.3 Å². The Morgan fingerprint density at radius 2 is 2.00 bits per heavy atom. The Labute approximate surface area is 163 Å². The molecule has 2 aromatic rings. The van der Waals surface area contributed by atoms with Gasteiger partial charge < -0.3 is 10.2 Å². The summed E-state index contributed by atoms with van der Waals surface area (Å²) in [6, 6.07) is 0.380. The van der Waals surface area contributed by atoms with E-state index >= 15 is 0 Å². The van der Waals surface area contributed by atoms with Gasteiger partial charge in [0, 0.05) is 37.3 Å². The molecule has 3 heterocycles. The Bertz CT molecular complexity index is 963. The molecule has 1 aromatic carbocycles. The van der Waals surface area contributed by atoms with E-state index in [0.29, 0.717) is 24.3 Å². The zero-order valence-electron chi connectivity index (χ0n) is 14.8. The van der Waals surface area contributed by atoms with Crippen molar-refractivity contribution in [2.45, 2.75) is 32.4 Å². The lowest BCUT2D eigenvalue weighted by atomic mass is 10.0. The number of nitrogens with zero attached hydrogens (tertiary/aromatic N) is 4. The first kappa shape index (κ1) is 17.9. The summed E-state index contributed by atoms with van der Waals surface area (Å²) in [5.74, 6) is -0.950. The summed E-state index contributed by atoms with van der Waals surface area (Å²) in [4.78, 5) is 21.0. The Hall–Kier alpha value is -1.49. The number of anilines is 2. The number of piperazine rings is 1. The van der Waals surface area contributed by atoms with Crippen LogP contribution in [0.25, 0.3) is 10.9 Å². The van der Waals surface area contributed by atoms with E-state index < -0.39 is 17.3 Å². The molecule has 0 aliphatic carbocycles. The summed E-state index contributed by atoms with van der Waals surface area (Å²) >= 11 is 1.73. The van der Waals surface area contributed by atoms with E-state index in [-0.39, 0.29) is 28.9 Å². The Kier molecular flexibility index (Phi) is 4.33. The highest BCUT2D eigenvalue weighted by Crippen LogP contribution is 2.40. The number of rotatable bonds is 0. The minimum Gasteiger partial charge on any atom is -0.382 e. The summed E-state index contributed by atoms with van der Waals surface area (Å²) in [5, 5.41) is 3.47. The molecule has 0 amide bonds. The zero-order valence-corrected chi connectivity index (χ0v) is 17.0. The summed E-state index contributed by atoms with van der Waals surface area (Å²) < 4.78 is 30.9. The fourth-order valence-electron chi connectivity index (χ4n) is 3.92. The Morgan fingerprint density at radius 3 is 2.73 bits per heavy atom. The Balaban J connectivity index is 2.09. The van der Waals surface area contributed by atoms with Crippen LogP contribution in [0.1, 0.15) is 18.9 Å². The molecular weight excluding hydrogens is 455 g/mol. The number of hydrogen-bond donors (Lipinski definition) is 1. The zero-order chi connectivity index (χ0) is 18.7. The van der Waals surface area contributed by atoms with Crippen LogP contribution in [0, 0.1) is 18.6 Å². The molecule has 1 aromatic heterocycles. The van der Waals surface area contributed by atoms with Gasteiger partial charge >= 0.3 is 5.69 Å². The second kappa shape index (κ2) is 6.29. The number of benzene rings is 1. The fraction of sp³-hybridized carbons (Fsp3) is 0.529. The van der Waals surface area contributed by atoms with Crippen molar-refractivity contribution < 1.29 is 8.78 Å². The van der Waals surface area contributed by atoms with E-state index in [0.717, 1.165) is 15.7 Å². The standard InChI is InChI=1S/C17H20F2IN5O/c1-8-6-24-10(7-23(8)3)4-5-21-14-11-15(13(19)9(2)12(14)18)25(20)17(26)22-16(11)24/h8,10,21H,4-7H2,1-3H3. The number of aromatic nitrogens is 2. The van der Waals surface area contributed by atoms with E-state index in [1.54, 1.807) is 22.9 Å². The molecule has 2 atom stereocenters. The quantitative estimate of drug-likeness (QED) is 0.594. The first-order valence-corrected chi connectivity index (χ1v) is 9.59. The van der Waals surface area contributed by atoms with Gasteiger partial charge in [0.2, 0.25) is 0 Å². The van der Waals surface area contributed by atoms with Crippen LogP contribution in [-0.4, -0.2) is 51.4 Å². The molecule has 26 heavy (non-hydrogen) atoms. The van der Waals surface area contributed by atoms with Crippen molar-refractivity contribution in [3.63, 3.8) is 0 Å². The third-order valence-electron chi connectivity index (χ3n) is 5.57. The summed E-state index contributed by atoms with van der Waals surface area (Å²) in [6.07, 6.45) is 0.781. The van der Waals surface area contributed by atoms with E-state index in [2.05, 4.69) is 34.1 Å². The molecule has 2 aliphatic heterocycles. The topological polar surface area (TPSA) is 53.4 Å². The third kappa shape index (κ3) is 2.50. The predicted octanol–water partition coefficient (Wildman–Crippen LogP) is 2.51. The molecule has 1 fully saturated rings. The van der Waals surface area contributed by atoms with Crippen LogP contribution in [0.5, 0.6) is 0 Å². The third-order valence-corrected chi connectivity index (χ3v) is 6.46. The second-order valence-corrected chi connectivity index (χ2v) is 8.13. The smallest absolute Gasteiger partial charge is 0.359 e. The van der Waals surface area contributed by atoms with Gasteiger partial charge in [0.1, 0.15) is 11.3 Å². The second-order valence-electron chi connectivity index (χ2n) is 7.16. The van der Waals surface area contributed by atoms with Crippen LogP contribution in [0.3, 0.4) is 0 Å². The molecule has 0 saturated carbocycles. The molecule has 6 nitrogen and oxygen atoms in total. The SMILES string of the molecule is Cc1c(F)c2c3c(nc(=O)n(I)c3c1F)N1CC(C)N(C)CC1CCN2.